The molecular weight excluding hydrogens is 242 g/mol. The van der Waals surface area contributed by atoms with Gasteiger partial charge < -0.3 is 4.74 Å². The van der Waals surface area contributed by atoms with Crippen molar-refractivity contribution in [2.24, 2.45) is 22.4 Å². The lowest BCUT2D eigenvalue weighted by molar-refractivity contribution is -0.141. The van der Waals surface area contributed by atoms with Crippen molar-refractivity contribution in [3.63, 3.8) is 0 Å². The van der Waals surface area contributed by atoms with Crippen LogP contribution in [-0.2, 0) is 19.6 Å². The van der Waals surface area contributed by atoms with Crippen LogP contribution >= 0.6 is 0 Å². The Balaban J connectivity index is 1.89. The highest BCUT2D eigenvalue weighted by atomic mass is 32.2. The number of hydrogen-bond donors (Lipinski definition) is 1. The summed E-state index contributed by atoms with van der Waals surface area (Å²) >= 11 is 0. The maximum Gasteiger partial charge on any atom is 0.306 e. The molecule has 2 bridgehead atoms. The normalized spacial score (nSPS) is 44.5. The Morgan fingerprint density at radius 1 is 1.41 bits per heavy atom. The molecule has 0 aromatic carbocycles. The zero-order chi connectivity index (χ0) is 12.3. The van der Waals surface area contributed by atoms with Crippen molar-refractivity contribution < 1.29 is 17.9 Å². The number of carbonyl (C=O) groups is 1. The van der Waals surface area contributed by atoms with Gasteiger partial charge in [0.2, 0.25) is 10.0 Å². The molecule has 2 N–H and O–H groups in total. The number of primary sulfonamides is 1. The lowest BCUT2D eigenvalue weighted by Crippen LogP contribution is -2.41. The van der Waals surface area contributed by atoms with Gasteiger partial charge in [-0.3, -0.25) is 4.79 Å². The van der Waals surface area contributed by atoms with E-state index < -0.39 is 16.1 Å². The number of cyclic esters (lactones) is 1. The third kappa shape index (κ3) is 1.78. The molecule has 4 unspecified atom stereocenters. The highest BCUT2D eigenvalue weighted by Crippen LogP contribution is 2.61. The Labute approximate surface area is 101 Å². The number of hydrogen-bond acceptors (Lipinski definition) is 4. The van der Waals surface area contributed by atoms with E-state index >= 15 is 0 Å². The maximum absolute atomic E-state index is 11.5. The zero-order valence-corrected chi connectivity index (χ0v) is 10.4. The van der Waals surface area contributed by atoms with Gasteiger partial charge in [0.25, 0.3) is 0 Å². The summed E-state index contributed by atoms with van der Waals surface area (Å²) in [6.45, 7) is 0. The van der Waals surface area contributed by atoms with E-state index in [9.17, 15) is 13.2 Å². The summed E-state index contributed by atoms with van der Waals surface area (Å²) in [7, 11) is -3.59. The van der Waals surface area contributed by atoms with E-state index in [-0.39, 0.29) is 17.1 Å². The fraction of sp³-hybridized carbons (Fsp3) is 0.909. The standard InChI is InChI=1S/C11H17NO4S/c12-17(14,15)6-9-11(5-10(13)16-9)4-7-1-2-8(11)3-7/h7-9H,1-6H2,(H2,12,14,15). The van der Waals surface area contributed by atoms with Crippen LogP contribution in [0.2, 0.25) is 0 Å². The van der Waals surface area contributed by atoms with E-state index in [0.717, 1.165) is 19.3 Å². The number of carbonyl (C=O) groups excluding carboxylic acids is 1. The summed E-state index contributed by atoms with van der Waals surface area (Å²) in [5.74, 6) is 0.622. The van der Waals surface area contributed by atoms with Crippen LogP contribution in [0, 0.1) is 17.3 Å². The van der Waals surface area contributed by atoms with Gasteiger partial charge in [0.15, 0.2) is 0 Å². The Bertz CT molecular complexity index is 460. The quantitative estimate of drug-likeness (QED) is 0.727. The molecular formula is C11H17NO4S. The topological polar surface area (TPSA) is 86.5 Å². The first-order valence-electron chi connectivity index (χ1n) is 6.09. The van der Waals surface area contributed by atoms with E-state index in [4.69, 9.17) is 9.88 Å². The average molecular weight is 259 g/mol. The molecule has 0 aromatic rings. The third-order valence-corrected chi connectivity index (χ3v) is 5.56. The monoisotopic (exact) mass is 259 g/mol. The molecule has 3 aliphatic rings. The summed E-state index contributed by atoms with van der Waals surface area (Å²) in [5.41, 5.74) is -0.230. The van der Waals surface area contributed by atoms with Gasteiger partial charge in [0, 0.05) is 5.41 Å². The second kappa shape index (κ2) is 3.45. The van der Waals surface area contributed by atoms with Crippen molar-refractivity contribution in [3.8, 4) is 0 Å². The molecule has 17 heavy (non-hydrogen) atoms. The molecule has 96 valence electrons. The van der Waals surface area contributed by atoms with Gasteiger partial charge in [-0.2, -0.15) is 0 Å². The first-order chi connectivity index (χ1) is 7.89. The maximum atomic E-state index is 11.5. The number of sulfonamides is 1. The Morgan fingerprint density at radius 3 is 2.71 bits per heavy atom. The average Bonchev–Trinajstić information content (AvgIpc) is 2.80. The smallest absolute Gasteiger partial charge is 0.306 e. The molecule has 3 fully saturated rings. The lowest BCUT2D eigenvalue weighted by Gasteiger charge is -2.36. The van der Waals surface area contributed by atoms with Gasteiger partial charge in [0.05, 0.1) is 6.42 Å². The van der Waals surface area contributed by atoms with E-state index in [0.29, 0.717) is 18.3 Å². The van der Waals surface area contributed by atoms with Gasteiger partial charge in [-0.05, 0) is 31.1 Å². The van der Waals surface area contributed by atoms with E-state index in [1.54, 1.807) is 0 Å². The van der Waals surface area contributed by atoms with Gasteiger partial charge in [-0.25, -0.2) is 13.6 Å². The zero-order valence-electron chi connectivity index (χ0n) is 9.59. The van der Waals surface area contributed by atoms with E-state index in [2.05, 4.69) is 0 Å². The molecule has 0 amide bonds. The summed E-state index contributed by atoms with van der Waals surface area (Å²) in [6.07, 6.45) is 4.24. The molecule has 1 aliphatic heterocycles. The van der Waals surface area contributed by atoms with Gasteiger partial charge in [-0.1, -0.05) is 6.42 Å². The second-order valence-corrected chi connectivity index (χ2v) is 7.46. The predicted molar refractivity (Wildman–Crippen MR) is 60.4 cm³/mol. The lowest BCUT2D eigenvalue weighted by atomic mass is 9.69. The minimum absolute atomic E-state index is 0.220. The summed E-state index contributed by atoms with van der Waals surface area (Å²) in [6, 6.07) is 0. The van der Waals surface area contributed by atoms with E-state index in [1.807, 2.05) is 0 Å². The fourth-order valence-corrected chi connectivity index (χ4v) is 5.03. The van der Waals surface area contributed by atoms with Crippen LogP contribution < -0.4 is 5.14 Å². The first-order valence-corrected chi connectivity index (χ1v) is 7.80. The van der Waals surface area contributed by atoms with Crippen LogP contribution in [0.5, 0.6) is 0 Å². The van der Waals surface area contributed by atoms with Gasteiger partial charge >= 0.3 is 5.97 Å². The van der Waals surface area contributed by atoms with Crippen LogP contribution in [-0.4, -0.2) is 26.2 Å². The van der Waals surface area contributed by atoms with Crippen LogP contribution in [0.3, 0.4) is 0 Å². The minimum Gasteiger partial charge on any atom is -0.461 e. The van der Waals surface area contributed by atoms with Crippen molar-refractivity contribution in [1.29, 1.82) is 0 Å². The Hall–Kier alpha value is -0.620. The van der Waals surface area contributed by atoms with Crippen molar-refractivity contribution in [2.45, 2.75) is 38.2 Å². The molecule has 2 aliphatic carbocycles. The molecule has 1 saturated heterocycles. The molecule has 0 radical (unpaired) electrons. The summed E-state index contributed by atoms with van der Waals surface area (Å²) < 4.78 is 27.7. The van der Waals surface area contributed by atoms with E-state index in [1.165, 1.54) is 6.42 Å². The summed E-state index contributed by atoms with van der Waals surface area (Å²) in [5, 5.41) is 5.09. The molecule has 4 atom stereocenters. The first kappa shape index (κ1) is 11.5. The number of rotatable bonds is 2. The molecule has 1 spiro atoms. The number of ether oxygens (including phenoxy) is 1. The van der Waals surface area contributed by atoms with Crippen molar-refractivity contribution in [3.05, 3.63) is 0 Å². The molecule has 5 nitrogen and oxygen atoms in total. The highest BCUT2D eigenvalue weighted by molar-refractivity contribution is 7.89. The fourth-order valence-electron chi connectivity index (χ4n) is 4.21. The Morgan fingerprint density at radius 2 is 2.18 bits per heavy atom. The number of esters is 1. The van der Waals surface area contributed by atoms with Gasteiger partial charge in [-0.15, -0.1) is 0 Å². The number of fused-ring (bicyclic) bond motifs is 3. The predicted octanol–water partition coefficient (Wildman–Crippen LogP) is 0.397. The third-order valence-electron chi connectivity index (χ3n) is 4.80. The highest BCUT2D eigenvalue weighted by Gasteiger charge is 2.61. The van der Waals surface area contributed by atoms with Gasteiger partial charge in [0.1, 0.15) is 11.9 Å². The van der Waals surface area contributed by atoms with Crippen LogP contribution in [0.25, 0.3) is 0 Å². The Kier molecular flexibility index (Phi) is 2.32. The molecule has 6 heteroatoms. The van der Waals surface area contributed by atoms with Crippen molar-refractivity contribution in [2.75, 3.05) is 5.75 Å². The second-order valence-electron chi connectivity index (χ2n) is 5.80. The molecule has 3 rings (SSSR count). The number of nitrogens with two attached hydrogens (primary N) is 1. The van der Waals surface area contributed by atoms with Crippen LogP contribution in [0.1, 0.15) is 32.1 Å². The molecule has 1 heterocycles. The van der Waals surface area contributed by atoms with Crippen molar-refractivity contribution in [1.82, 2.24) is 0 Å². The summed E-state index contributed by atoms with van der Waals surface area (Å²) in [4.78, 5) is 11.5. The van der Waals surface area contributed by atoms with Crippen molar-refractivity contribution >= 4 is 16.0 Å². The van der Waals surface area contributed by atoms with Crippen LogP contribution in [0.15, 0.2) is 0 Å². The SMILES string of the molecule is NS(=O)(=O)CC1OC(=O)CC12CC1CCC2C1. The largest absolute Gasteiger partial charge is 0.461 e. The van der Waals surface area contributed by atoms with Crippen LogP contribution in [0.4, 0.5) is 0 Å². The molecule has 0 aromatic heterocycles. The molecule has 2 saturated carbocycles. The minimum atomic E-state index is -3.59.